The van der Waals surface area contributed by atoms with E-state index in [1.165, 1.54) is 13.2 Å². The highest BCUT2D eigenvalue weighted by molar-refractivity contribution is 5.91. The molecule has 0 bridgehead atoms. The number of hydrazone groups is 1. The number of nitrogens with zero attached hydrogens (tertiary/aromatic N) is 3. The van der Waals surface area contributed by atoms with Gasteiger partial charge in [0, 0.05) is 10.8 Å². The van der Waals surface area contributed by atoms with Crippen molar-refractivity contribution in [3.05, 3.63) is 89.6 Å². The van der Waals surface area contributed by atoms with Gasteiger partial charge in [0.1, 0.15) is 6.61 Å². The SMILES string of the molecule is COc1cc(C=NNc2nncc3ccccc23)ccc1OCc1cccc(C(F)(F)F)c1. The first-order valence-corrected chi connectivity index (χ1v) is 9.90. The van der Waals surface area contributed by atoms with Crippen molar-refractivity contribution in [2.75, 3.05) is 12.5 Å². The zero-order valence-corrected chi connectivity index (χ0v) is 17.5. The molecule has 0 atom stereocenters. The van der Waals surface area contributed by atoms with Gasteiger partial charge in [-0.05, 0) is 41.5 Å². The lowest BCUT2D eigenvalue weighted by Crippen LogP contribution is -2.06. The average molecular weight is 452 g/mol. The first-order chi connectivity index (χ1) is 15.9. The standard InChI is InChI=1S/C24H19F3N4O2/c1-32-22-12-16(13-28-30-23-20-8-3-2-6-18(20)14-29-31-23)9-10-21(22)33-15-17-5-4-7-19(11-17)24(25,26)27/h2-14H,15H2,1H3,(H,30,31). The second-order valence-corrected chi connectivity index (χ2v) is 7.05. The van der Waals surface area contributed by atoms with E-state index in [4.69, 9.17) is 9.47 Å². The van der Waals surface area contributed by atoms with Gasteiger partial charge in [0.05, 0.1) is 25.1 Å². The third-order valence-corrected chi connectivity index (χ3v) is 4.79. The molecule has 1 heterocycles. The first-order valence-electron chi connectivity index (χ1n) is 9.90. The summed E-state index contributed by atoms with van der Waals surface area (Å²) in [4.78, 5) is 0. The number of fused-ring (bicyclic) bond motifs is 1. The van der Waals surface area contributed by atoms with Gasteiger partial charge in [0.2, 0.25) is 0 Å². The number of hydrogen-bond acceptors (Lipinski definition) is 6. The molecule has 4 rings (SSSR count). The number of alkyl halides is 3. The van der Waals surface area contributed by atoms with Gasteiger partial charge >= 0.3 is 6.18 Å². The quantitative estimate of drug-likeness (QED) is 0.289. The fourth-order valence-electron chi connectivity index (χ4n) is 3.16. The number of anilines is 1. The van der Waals surface area contributed by atoms with Crippen LogP contribution in [0.1, 0.15) is 16.7 Å². The second-order valence-electron chi connectivity index (χ2n) is 7.05. The summed E-state index contributed by atoms with van der Waals surface area (Å²) in [6, 6.07) is 17.8. The molecule has 0 spiro atoms. The molecule has 4 aromatic rings. The van der Waals surface area contributed by atoms with E-state index in [1.807, 2.05) is 24.3 Å². The molecule has 0 aliphatic rings. The number of rotatable bonds is 7. The van der Waals surface area contributed by atoms with Gasteiger partial charge in [-0.3, -0.25) is 5.43 Å². The number of halogens is 3. The number of hydrogen-bond donors (Lipinski definition) is 1. The Bertz CT molecular complexity index is 1290. The molecule has 0 unspecified atom stereocenters. The third-order valence-electron chi connectivity index (χ3n) is 4.79. The van der Waals surface area contributed by atoms with Crippen LogP contribution in [0.4, 0.5) is 19.0 Å². The third kappa shape index (κ3) is 5.38. The van der Waals surface area contributed by atoms with Crippen molar-refractivity contribution >= 4 is 22.8 Å². The molecule has 9 heteroatoms. The molecule has 0 aliphatic carbocycles. The fraction of sp³-hybridized carbons (Fsp3) is 0.125. The van der Waals surface area contributed by atoms with Crippen LogP contribution in [-0.2, 0) is 12.8 Å². The number of methoxy groups -OCH3 is 1. The molecule has 0 fully saturated rings. The highest BCUT2D eigenvalue weighted by Gasteiger charge is 2.30. The van der Waals surface area contributed by atoms with E-state index in [0.717, 1.165) is 28.5 Å². The molecular formula is C24H19F3N4O2. The molecule has 6 nitrogen and oxygen atoms in total. The van der Waals surface area contributed by atoms with E-state index in [-0.39, 0.29) is 6.61 Å². The van der Waals surface area contributed by atoms with Crippen LogP contribution in [0.5, 0.6) is 11.5 Å². The molecule has 1 N–H and O–H groups in total. The maximum Gasteiger partial charge on any atom is 0.416 e. The zero-order valence-electron chi connectivity index (χ0n) is 17.5. The van der Waals surface area contributed by atoms with Crippen LogP contribution < -0.4 is 14.9 Å². The topological polar surface area (TPSA) is 68.6 Å². The van der Waals surface area contributed by atoms with Crippen molar-refractivity contribution in [2.45, 2.75) is 12.8 Å². The van der Waals surface area contributed by atoms with E-state index in [1.54, 1.807) is 36.7 Å². The van der Waals surface area contributed by atoms with Crippen LogP contribution >= 0.6 is 0 Å². The minimum Gasteiger partial charge on any atom is -0.493 e. The smallest absolute Gasteiger partial charge is 0.416 e. The van der Waals surface area contributed by atoms with E-state index in [9.17, 15) is 13.2 Å². The van der Waals surface area contributed by atoms with Gasteiger partial charge in [0.25, 0.3) is 0 Å². The van der Waals surface area contributed by atoms with Crippen LogP contribution in [0, 0.1) is 0 Å². The number of benzene rings is 3. The van der Waals surface area contributed by atoms with Crippen molar-refractivity contribution in [2.24, 2.45) is 5.10 Å². The van der Waals surface area contributed by atoms with E-state index >= 15 is 0 Å². The Morgan fingerprint density at radius 3 is 2.67 bits per heavy atom. The van der Waals surface area contributed by atoms with Crippen LogP contribution in [0.2, 0.25) is 0 Å². The van der Waals surface area contributed by atoms with Gasteiger partial charge in [-0.2, -0.15) is 23.4 Å². The summed E-state index contributed by atoms with van der Waals surface area (Å²) in [5, 5.41) is 14.1. The zero-order chi connectivity index (χ0) is 23.3. The minimum atomic E-state index is -4.40. The molecule has 1 aromatic heterocycles. The fourth-order valence-corrected chi connectivity index (χ4v) is 3.16. The second kappa shape index (κ2) is 9.56. The average Bonchev–Trinajstić information content (AvgIpc) is 2.83. The Balaban J connectivity index is 1.44. The molecule has 168 valence electrons. The Morgan fingerprint density at radius 1 is 1.00 bits per heavy atom. The number of aromatic nitrogens is 2. The maximum atomic E-state index is 12.9. The molecule has 0 aliphatic heterocycles. The van der Waals surface area contributed by atoms with Crippen molar-refractivity contribution in [1.29, 1.82) is 0 Å². The van der Waals surface area contributed by atoms with Gasteiger partial charge in [-0.1, -0.05) is 36.4 Å². The molecule has 0 radical (unpaired) electrons. The van der Waals surface area contributed by atoms with Crippen molar-refractivity contribution in [3.63, 3.8) is 0 Å². The van der Waals surface area contributed by atoms with Gasteiger partial charge in [-0.15, -0.1) is 5.10 Å². The molecule has 0 saturated heterocycles. The highest BCUT2D eigenvalue weighted by atomic mass is 19.4. The summed E-state index contributed by atoms with van der Waals surface area (Å²) in [6.07, 6.45) is -1.14. The summed E-state index contributed by atoms with van der Waals surface area (Å²) >= 11 is 0. The predicted molar refractivity (Wildman–Crippen MR) is 120 cm³/mol. The predicted octanol–water partition coefficient (Wildman–Crippen LogP) is 5.68. The van der Waals surface area contributed by atoms with Gasteiger partial charge in [-0.25, -0.2) is 0 Å². The maximum absolute atomic E-state index is 12.9. The Labute approximate surface area is 187 Å². The highest BCUT2D eigenvalue weighted by Crippen LogP contribution is 2.31. The van der Waals surface area contributed by atoms with E-state index in [0.29, 0.717) is 22.9 Å². The van der Waals surface area contributed by atoms with Gasteiger partial charge < -0.3 is 9.47 Å². The van der Waals surface area contributed by atoms with Crippen LogP contribution in [0.25, 0.3) is 10.8 Å². The van der Waals surface area contributed by atoms with E-state index < -0.39 is 11.7 Å². The molecular weight excluding hydrogens is 433 g/mol. The molecule has 0 amide bonds. The number of ether oxygens (including phenoxy) is 2. The van der Waals surface area contributed by atoms with Gasteiger partial charge in [0.15, 0.2) is 17.3 Å². The molecule has 33 heavy (non-hydrogen) atoms. The van der Waals surface area contributed by atoms with E-state index in [2.05, 4.69) is 20.7 Å². The monoisotopic (exact) mass is 452 g/mol. The van der Waals surface area contributed by atoms with Crippen LogP contribution in [-0.4, -0.2) is 23.5 Å². The van der Waals surface area contributed by atoms with Crippen LogP contribution in [0.15, 0.2) is 78.0 Å². The summed E-state index contributed by atoms with van der Waals surface area (Å²) in [5.41, 5.74) is 3.29. The summed E-state index contributed by atoms with van der Waals surface area (Å²) in [6.45, 7) is -0.0327. The molecule has 0 saturated carbocycles. The van der Waals surface area contributed by atoms with Crippen LogP contribution in [0.3, 0.4) is 0 Å². The molecule has 3 aromatic carbocycles. The van der Waals surface area contributed by atoms with Crippen molar-refractivity contribution in [1.82, 2.24) is 10.2 Å². The largest absolute Gasteiger partial charge is 0.493 e. The number of nitrogens with one attached hydrogen (secondary N) is 1. The van der Waals surface area contributed by atoms with Crippen molar-refractivity contribution < 1.29 is 22.6 Å². The Morgan fingerprint density at radius 2 is 1.85 bits per heavy atom. The lowest BCUT2D eigenvalue weighted by atomic mass is 10.1. The lowest BCUT2D eigenvalue weighted by Gasteiger charge is -2.13. The normalized spacial score (nSPS) is 11.6. The summed E-state index contributed by atoms with van der Waals surface area (Å²) in [7, 11) is 1.48. The lowest BCUT2D eigenvalue weighted by molar-refractivity contribution is -0.137. The first kappa shape index (κ1) is 22.1. The van der Waals surface area contributed by atoms with Crippen molar-refractivity contribution in [3.8, 4) is 11.5 Å². The Kier molecular flexibility index (Phi) is 6.39. The summed E-state index contributed by atoms with van der Waals surface area (Å²) in [5.74, 6) is 1.35. The minimum absolute atomic E-state index is 0.0327. The summed E-state index contributed by atoms with van der Waals surface area (Å²) < 4.78 is 49.7. The Hall–Kier alpha value is -4.14.